The zero-order valence-electron chi connectivity index (χ0n) is 19.1. The second kappa shape index (κ2) is 12.0. The highest BCUT2D eigenvalue weighted by Crippen LogP contribution is 2.37. The van der Waals surface area contributed by atoms with Crippen LogP contribution in [0.25, 0.3) is 5.69 Å². The highest BCUT2D eigenvalue weighted by Gasteiger charge is 2.13. The average molecular weight is 540 g/mol. The molecular formula is C25H26BrN5O2S. The Hall–Kier alpha value is -2.88. The van der Waals surface area contributed by atoms with Gasteiger partial charge in [0.25, 0.3) is 0 Å². The van der Waals surface area contributed by atoms with Crippen LogP contribution in [0.15, 0.2) is 76.4 Å². The van der Waals surface area contributed by atoms with Gasteiger partial charge in [0.15, 0.2) is 11.5 Å². The maximum atomic E-state index is 6.06. The number of rotatable bonds is 11. The van der Waals surface area contributed by atoms with Gasteiger partial charge in [0.2, 0.25) is 5.16 Å². The third kappa shape index (κ3) is 6.37. The summed E-state index contributed by atoms with van der Waals surface area (Å²) in [6.45, 7) is 4.06. The monoisotopic (exact) mass is 539 g/mol. The van der Waals surface area contributed by atoms with E-state index in [4.69, 9.17) is 9.47 Å². The van der Waals surface area contributed by atoms with Crippen molar-refractivity contribution in [3.8, 4) is 17.2 Å². The molecule has 176 valence electrons. The van der Waals surface area contributed by atoms with Crippen LogP contribution >= 0.6 is 27.7 Å². The number of hydrogen-bond donors (Lipinski definition) is 1. The van der Waals surface area contributed by atoms with Crippen LogP contribution in [0.1, 0.15) is 16.7 Å². The lowest BCUT2D eigenvalue weighted by Gasteiger charge is -2.15. The van der Waals surface area contributed by atoms with E-state index in [1.807, 2.05) is 36.4 Å². The number of nitrogens with one attached hydrogen (secondary N) is 1. The Balaban J connectivity index is 1.29. The molecule has 1 aromatic heterocycles. The maximum Gasteiger partial charge on any atom is 0.214 e. The van der Waals surface area contributed by atoms with E-state index in [9.17, 15) is 0 Å². The Bertz CT molecular complexity index is 1200. The van der Waals surface area contributed by atoms with Crippen LogP contribution in [-0.4, -0.2) is 39.6 Å². The number of hydrogen-bond acceptors (Lipinski definition) is 7. The first-order valence-electron chi connectivity index (χ1n) is 10.9. The molecule has 0 atom stereocenters. The molecule has 0 fully saturated rings. The first kappa shape index (κ1) is 24.3. The number of aromatic nitrogens is 4. The summed E-state index contributed by atoms with van der Waals surface area (Å²) in [7, 11) is 1.66. The Morgan fingerprint density at radius 3 is 2.59 bits per heavy atom. The summed E-state index contributed by atoms with van der Waals surface area (Å²) in [5.74, 6) is 2.24. The number of ether oxygens (including phenoxy) is 2. The number of aryl methyl sites for hydroxylation is 1. The Labute approximate surface area is 212 Å². The van der Waals surface area contributed by atoms with Crippen molar-refractivity contribution >= 4 is 27.7 Å². The molecule has 7 nitrogen and oxygen atoms in total. The Morgan fingerprint density at radius 2 is 1.82 bits per heavy atom. The average Bonchev–Trinajstić information content (AvgIpc) is 3.33. The van der Waals surface area contributed by atoms with Gasteiger partial charge in [-0.2, -0.15) is 4.68 Å². The Morgan fingerprint density at radius 1 is 1.03 bits per heavy atom. The molecule has 3 aromatic carbocycles. The van der Waals surface area contributed by atoms with Crippen LogP contribution in [0.5, 0.6) is 11.5 Å². The van der Waals surface area contributed by atoms with Gasteiger partial charge in [-0.1, -0.05) is 59.8 Å². The summed E-state index contributed by atoms with van der Waals surface area (Å²) in [6.07, 6.45) is 0. The maximum absolute atomic E-state index is 6.06. The molecule has 4 rings (SSSR count). The summed E-state index contributed by atoms with van der Waals surface area (Å²) in [6, 6.07) is 22.3. The van der Waals surface area contributed by atoms with Crippen molar-refractivity contribution in [2.24, 2.45) is 0 Å². The summed E-state index contributed by atoms with van der Waals surface area (Å²) < 4.78 is 14.3. The topological polar surface area (TPSA) is 74.1 Å². The summed E-state index contributed by atoms with van der Waals surface area (Å²) in [5, 5.41) is 16.3. The minimum absolute atomic E-state index is 0.479. The largest absolute Gasteiger partial charge is 0.493 e. The lowest BCUT2D eigenvalue weighted by atomic mass is 10.1. The minimum Gasteiger partial charge on any atom is -0.493 e. The van der Waals surface area contributed by atoms with Crippen LogP contribution in [0, 0.1) is 6.92 Å². The van der Waals surface area contributed by atoms with Crippen LogP contribution in [0.4, 0.5) is 0 Å². The molecule has 0 spiro atoms. The smallest absolute Gasteiger partial charge is 0.214 e. The molecule has 9 heteroatoms. The molecule has 1 heterocycles. The Kier molecular flexibility index (Phi) is 8.56. The molecule has 4 aromatic rings. The van der Waals surface area contributed by atoms with Gasteiger partial charge in [-0.3, -0.25) is 0 Å². The molecule has 0 aliphatic rings. The molecule has 0 aliphatic heterocycles. The van der Waals surface area contributed by atoms with Crippen LogP contribution < -0.4 is 14.8 Å². The fraction of sp³-hybridized carbons (Fsp3) is 0.240. The van der Waals surface area contributed by atoms with Gasteiger partial charge in [0.05, 0.1) is 17.3 Å². The molecule has 0 saturated heterocycles. The van der Waals surface area contributed by atoms with E-state index in [2.05, 4.69) is 74.0 Å². The number of benzene rings is 3. The van der Waals surface area contributed by atoms with Crippen molar-refractivity contribution < 1.29 is 9.47 Å². The predicted molar refractivity (Wildman–Crippen MR) is 138 cm³/mol. The van der Waals surface area contributed by atoms with Gasteiger partial charge in [-0.25, -0.2) is 0 Å². The van der Waals surface area contributed by atoms with Gasteiger partial charge >= 0.3 is 0 Å². The van der Waals surface area contributed by atoms with E-state index in [1.165, 1.54) is 5.56 Å². The van der Waals surface area contributed by atoms with E-state index < -0.39 is 0 Å². The lowest BCUT2D eigenvalue weighted by molar-refractivity contribution is 0.282. The molecule has 1 N–H and O–H groups in total. The number of tetrazole rings is 1. The van der Waals surface area contributed by atoms with E-state index in [-0.39, 0.29) is 0 Å². The lowest BCUT2D eigenvalue weighted by Crippen LogP contribution is -2.17. The second-order valence-corrected chi connectivity index (χ2v) is 9.53. The molecule has 34 heavy (non-hydrogen) atoms. The third-order valence-corrected chi connectivity index (χ3v) is 6.58. The van der Waals surface area contributed by atoms with Crippen LogP contribution in [0.3, 0.4) is 0 Å². The fourth-order valence-corrected chi connectivity index (χ4v) is 4.69. The standard InChI is InChI=1S/C25H26BrN5O2S/c1-18-8-10-19(11-9-18)17-33-24-22(26)14-20(15-23(24)32-2)16-27-12-13-34-25-28-29-30-31(25)21-6-4-3-5-7-21/h3-11,14-15,27H,12-13,16-17H2,1-2H3. The first-order valence-corrected chi connectivity index (χ1v) is 12.6. The van der Waals surface area contributed by atoms with E-state index in [0.29, 0.717) is 24.7 Å². The van der Waals surface area contributed by atoms with Crippen molar-refractivity contribution in [2.45, 2.75) is 25.2 Å². The van der Waals surface area contributed by atoms with Crippen molar-refractivity contribution in [3.63, 3.8) is 0 Å². The van der Waals surface area contributed by atoms with Crippen molar-refractivity contribution in [1.29, 1.82) is 0 Å². The minimum atomic E-state index is 0.479. The van der Waals surface area contributed by atoms with Crippen molar-refractivity contribution in [1.82, 2.24) is 25.5 Å². The molecule has 0 unspecified atom stereocenters. The highest BCUT2D eigenvalue weighted by atomic mass is 79.9. The highest BCUT2D eigenvalue weighted by molar-refractivity contribution is 9.10. The zero-order chi connectivity index (χ0) is 23.8. The second-order valence-electron chi connectivity index (χ2n) is 7.62. The van der Waals surface area contributed by atoms with Crippen LogP contribution in [-0.2, 0) is 13.2 Å². The molecular weight excluding hydrogens is 514 g/mol. The normalized spacial score (nSPS) is 10.9. The molecule has 0 amide bonds. The van der Waals surface area contributed by atoms with E-state index in [1.54, 1.807) is 23.6 Å². The van der Waals surface area contributed by atoms with Gasteiger partial charge in [-0.05, 0) is 68.7 Å². The molecule has 0 bridgehead atoms. The van der Waals surface area contributed by atoms with Gasteiger partial charge in [-0.15, -0.1) is 5.10 Å². The number of nitrogens with zero attached hydrogens (tertiary/aromatic N) is 4. The number of halogens is 1. The fourth-order valence-electron chi connectivity index (χ4n) is 3.30. The van der Waals surface area contributed by atoms with E-state index in [0.717, 1.165) is 38.7 Å². The van der Waals surface area contributed by atoms with Crippen molar-refractivity contribution in [3.05, 3.63) is 87.9 Å². The molecule has 0 saturated carbocycles. The molecule has 0 radical (unpaired) electrons. The predicted octanol–water partition coefficient (Wildman–Crippen LogP) is 5.20. The summed E-state index contributed by atoms with van der Waals surface area (Å²) >= 11 is 5.25. The molecule has 0 aliphatic carbocycles. The van der Waals surface area contributed by atoms with Gasteiger partial charge < -0.3 is 14.8 Å². The first-order chi connectivity index (χ1) is 16.6. The van der Waals surface area contributed by atoms with Crippen molar-refractivity contribution in [2.75, 3.05) is 19.4 Å². The summed E-state index contributed by atoms with van der Waals surface area (Å²) in [5.41, 5.74) is 4.39. The SMILES string of the molecule is COc1cc(CNCCSc2nnnn2-c2ccccc2)cc(Br)c1OCc1ccc(C)cc1. The zero-order valence-corrected chi connectivity index (χ0v) is 21.5. The third-order valence-electron chi connectivity index (χ3n) is 5.07. The summed E-state index contributed by atoms with van der Waals surface area (Å²) in [4.78, 5) is 0. The number of methoxy groups -OCH3 is 1. The number of para-hydroxylation sites is 1. The van der Waals surface area contributed by atoms with Gasteiger partial charge in [0, 0.05) is 18.8 Å². The van der Waals surface area contributed by atoms with E-state index >= 15 is 0 Å². The quantitative estimate of drug-likeness (QED) is 0.207. The number of thioether (sulfide) groups is 1. The van der Waals surface area contributed by atoms with Crippen LogP contribution in [0.2, 0.25) is 0 Å². The van der Waals surface area contributed by atoms with Gasteiger partial charge in [0.1, 0.15) is 6.61 Å².